The van der Waals surface area contributed by atoms with Gasteiger partial charge in [0.1, 0.15) is 5.82 Å². The molecule has 7 heteroatoms. The first-order valence-corrected chi connectivity index (χ1v) is 7.30. The molecule has 4 N–H and O–H groups in total. The van der Waals surface area contributed by atoms with Crippen LogP contribution in [0.3, 0.4) is 0 Å². The third-order valence-corrected chi connectivity index (χ3v) is 3.74. The fourth-order valence-corrected chi connectivity index (χ4v) is 2.48. The molecule has 1 heterocycles. The van der Waals surface area contributed by atoms with Crippen molar-refractivity contribution in [3.8, 4) is 0 Å². The summed E-state index contributed by atoms with van der Waals surface area (Å²) in [5.41, 5.74) is 4.00. The fraction of sp³-hybridized carbons (Fsp3) is 0. The van der Waals surface area contributed by atoms with Crippen molar-refractivity contribution in [2.45, 2.75) is 0 Å². The van der Waals surface area contributed by atoms with E-state index in [2.05, 4.69) is 36.6 Å². The molecule has 5 nitrogen and oxygen atoms in total. The van der Waals surface area contributed by atoms with Gasteiger partial charge in [0.15, 0.2) is 0 Å². The van der Waals surface area contributed by atoms with Crippen molar-refractivity contribution < 1.29 is 0 Å². The Labute approximate surface area is 134 Å². The molecule has 0 saturated carbocycles. The molecule has 1 aromatic heterocycles. The van der Waals surface area contributed by atoms with E-state index in [0.717, 1.165) is 21.1 Å². The second kappa shape index (κ2) is 5.85. The van der Waals surface area contributed by atoms with Crippen LogP contribution in [0.5, 0.6) is 0 Å². The predicted molar refractivity (Wildman–Crippen MR) is 89.8 cm³/mol. The van der Waals surface area contributed by atoms with Gasteiger partial charge in [0.25, 0.3) is 0 Å². The van der Waals surface area contributed by atoms with Gasteiger partial charge in [-0.1, -0.05) is 39.7 Å². The number of fused-ring (bicyclic) bond motifs is 1. The van der Waals surface area contributed by atoms with Crippen LogP contribution < -0.4 is 16.6 Å². The van der Waals surface area contributed by atoms with Crippen molar-refractivity contribution in [1.29, 1.82) is 0 Å². The van der Waals surface area contributed by atoms with Gasteiger partial charge in [-0.2, -0.15) is 4.98 Å². The van der Waals surface area contributed by atoms with Crippen LogP contribution in [0.1, 0.15) is 0 Å². The minimum absolute atomic E-state index is 0.335. The van der Waals surface area contributed by atoms with Gasteiger partial charge in [0.05, 0.1) is 16.2 Å². The summed E-state index contributed by atoms with van der Waals surface area (Å²) in [6, 6.07) is 13.2. The lowest BCUT2D eigenvalue weighted by molar-refractivity contribution is 1.15. The zero-order chi connectivity index (χ0) is 14.8. The van der Waals surface area contributed by atoms with Crippen LogP contribution in [0.4, 0.5) is 17.5 Å². The van der Waals surface area contributed by atoms with Crippen molar-refractivity contribution in [2.24, 2.45) is 5.84 Å². The zero-order valence-electron chi connectivity index (χ0n) is 10.8. The number of hydrazine groups is 1. The molecule has 0 aliphatic carbocycles. The minimum Gasteiger partial charge on any atom is -0.338 e. The molecule has 0 aliphatic rings. The molecule has 3 aromatic rings. The molecule has 106 valence electrons. The van der Waals surface area contributed by atoms with E-state index in [1.165, 1.54) is 0 Å². The SMILES string of the molecule is NNc1nc(Nc2cc(Br)ccc2Cl)c2ccccc2n1. The van der Waals surface area contributed by atoms with E-state index < -0.39 is 0 Å². The maximum atomic E-state index is 6.20. The van der Waals surface area contributed by atoms with Crippen LogP contribution in [-0.4, -0.2) is 9.97 Å². The summed E-state index contributed by atoms with van der Waals surface area (Å²) in [5.74, 6) is 6.39. The van der Waals surface area contributed by atoms with Crippen molar-refractivity contribution in [3.05, 3.63) is 52.0 Å². The Hall–Kier alpha value is -1.89. The van der Waals surface area contributed by atoms with Crippen LogP contribution in [0.15, 0.2) is 46.9 Å². The first kappa shape index (κ1) is 14.1. The molecular formula is C14H11BrClN5. The number of rotatable bonds is 3. The number of aromatic nitrogens is 2. The Morgan fingerprint density at radius 1 is 1.10 bits per heavy atom. The zero-order valence-corrected chi connectivity index (χ0v) is 13.1. The topological polar surface area (TPSA) is 75.9 Å². The highest BCUT2D eigenvalue weighted by atomic mass is 79.9. The quantitative estimate of drug-likeness (QED) is 0.482. The summed E-state index contributed by atoms with van der Waals surface area (Å²) < 4.78 is 0.921. The molecule has 0 unspecified atom stereocenters. The van der Waals surface area contributed by atoms with Crippen molar-refractivity contribution in [1.82, 2.24) is 9.97 Å². The lowest BCUT2D eigenvalue weighted by Crippen LogP contribution is -2.11. The highest BCUT2D eigenvalue weighted by molar-refractivity contribution is 9.10. The van der Waals surface area contributed by atoms with Crippen molar-refractivity contribution >= 4 is 55.9 Å². The average Bonchev–Trinajstić information content (AvgIpc) is 2.50. The van der Waals surface area contributed by atoms with Gasteiger partial charge in [0, 0.05) is 9.86 Å². The number of nitrogens with zero attached hydrogens (tertiary/aromatic N) is 2. The first-order chi connectivity index (χ1) is 10.2. The smallest absolute Gasteiger partial charge is 0.239 e. The number of nitrogens with two attached hydrogens (primary N) is 1. The van der Waals surface area contributed by atoms with E-state index in [9.17, 15) is 0 Å². The third kappa shape index (κ3) is 2.92. The van der Waals surface area contributed by atoms with Crippen LogP contribution in [0, 0.1) is 0 Å². The average molecular weight is 365 g/mol. The summed E-state index contributed by atoms with van der Waals surface area (Å²) in [6.07, 6.45) is 0. The summed E-state index contributed by atoms with van der Waals surface area (Å²) >= 11 is 9.63. The molecule has 0 amide bonds. The van der Waals surface area contributed by atoms with Gasteiger partial charge in [-0.3, -0.25) is 5.43 Å². The second-order valence-electron chi connectivity index (χ2n) is 4.31. The summed E-state index contributed by atoms with van der Waals surface area (Å²) in [5, 5.41) is 4.70. The van der Waals surface area contributed by atoms with Gasteiger partial charge >= 0.3 is 0 Å². The Morgan fingerprint density at radius 3 is 2.71 bits per heavy atom. The summed E-state index contributed by atoms with van der Waals surface area (Å²) in [7, 11) is 0. The van der Waals surface area contributed by atoms with Crippen molar-refractivity contribution in [2.75, 3.05) is 10.7 Å². The Bertz CT molecular complexity index is 808. The van der Waals surface area contributed by atoms with Gasteiger partial charge < -0.3 is 5.32 Å². The molecule has 0 spiro atoms. The molecule has 0 aliphatic heterocycles. The summed E-state index contributed by atoms with van der Waals surface area (Å²) in [6.45, 7) is 0. The van der Waals surface area contributed by atoms with Crippen LogP contribution in [0.2, 0.25) is 5.02 Å². The number of benzene rings is 2. The molecule has 0 saturated heterocycles. The van der Waals surface area contributed by atoms with Crippen molar-refractivity contribution in [3.63, 3.8) is 0 Å². The lowest BCUT2D eigenvalue weighted by Gasteiger charge is -2.12. The highest BCUT2D eigenvalue weighted by Gasteiger charge is 2.09. The van der Waals surface area contributed by atoms with E-state index in [0.29, 0.717) is 16.8 Å². The molecule has 0 atom stereocenters. The number of halogens is 2. The molecular weight excluding hydrogens is 354 g/mol. The van der Waals surface area contributed by atoms with E-state index in [1.54, 1.807) is 6.07 Å². The summed E-state index contributed by atoms with van der Waals surface area (Å²) in [4.78, 5) is 8.66. The minimum atomic E-state index is 0.335. The van der Waals surface area contributed by atoms with Crippen LogP contribution in [-0.2, 0) is 0 Å². The monoisotopic (exact) mass is 363 g/mol. The lowest BCUT2D eigenvalue weighted by atomic mass is 10.2. The van der Waals surface area contributed by atoms with Crippen LogP contribution in [0.25, 0.3) is 10.9 Å². The molecule has 2 aromatic carbocycles. The molecule has 0 bridgehead atoms. The number of para-hydroxylation sites is 1. The van der Waals surface area contributed by atoms with Crippen LogP contribution >= 0.6 is 27.5 Å². The van der Waals surface area contributed by atoms with Gasteiger partial charge in [-0.05, 0) is 30.3 Å². The standard InChI is InChI=1S/C14H11BrClN5/c15-8-5-6-10(16)12(7-8)18-13-9-3-1-2-4-11(9)19-14(20-13)21-17/h1-7H,17H2,(H2,18,19,20,21). The van der Waals surface area contributed by atoms with E-state index in [-0.39, 0.29) is 0 Å². The maximum absolute atomic E-state index is 6.20. The van der Waals surface area contributed by atoms with Gasteiger partial charge in [-0.15, -0.1) is 0 Å². The Kier molecular flexibility index (Phi) is 3.92. The fourth-order valence-electron chi connectivity index (χ4n) is 1.96. The number of nitrogens with one attached hydrogen (secondary N) is 2. The van der Waals surface area contributed by atoms with E-state index >= 15 is 0 Å². The second-order valence-corrected chi connectivity index (χ2v) is 5.63. The largest absolute Gasteiger partial charge is 0.338 e. The molecule has 0 fully saturated rings. The van der Waals surface area contributed by atoms with Gasteiger partial charge in [-0.25, -0.2) is 10.8 Å². The number of hydrogen-bond acceptors (Lipinski definition) is 5. The normalized spacial score (nSPS) is 10.6. The Balaban J connectivity index is 2.13. The molecule has 21 heavy (non-hydrogen) atoms. The number of anilines is 3. The first-order valence-electron chi connectivity index (χ1n) is 6.13. The van der Waals surface area contributed by atoms with Gasteiger partial charge in [0.2, 0.25) is 5.95 Å². The van der Waals surface area contributed by atoms with E-state index in [1.807, 2.05) is 36.4 Å². The predicted octanol–water partition coefficient (Wildman–Crippen LogP) is 4.07. The number of nitrogen functional groups attached to an aromatic ring is 1. The maximum Gasteiger partial charge on any atom is 0.239 e. The van der Waals surface area contributed by atoms with E-state index in [4.69, 9.17) is 17.4 Å². The Morgan fingerprint density at radius 2 is 1.90 bits per heavy atom. The molecule has 0 radical (unpaired) electrons. The molecule has 3 rings (SSSR count). The highest BCUT2D eigenvalue weighted by Crippen LogP contribution is 2.31. The third-order valence-electron chi connectivity index (χ3n) is 2.91. The number of hydrogen-bond donors (Lipinski definition) is 3.